The Bertz CT molecular complexity index is 3360. The number of unbranched alkanes of at least 4 members (excludes halogenated alkanes) is 3. The first-order valence-corrected chi connectivity index (χ1v) is 21.7. The maximum absolute atomic E-state index is 5.97. The van der Waals surface area contributed by atoms with Gasteiger partial charge in [-0.05, 0) is 78.9 Å². The predicted molar refractivity (Wildman–Crippen MR) is 256 cm³/mol. The van der Waals surface area contributed by atoms with E-state index in [1.54, 1.807) is 6.20 Å². The average Bonchev–Trinajstić information content (AvgIpc) is 4.01. The zero-order valence-electron chi connectivity index (χ0n) is 35.0. The summed E-state index contributed by atoms with van der Waals surface area (Å²) < 4.78 is 10.4. The second-order valence-electron chi connectivity index (χ2n) is 16.0. The molecule has 12 rings (SSSR count). The maximum atomic E-state index is 5.97. The van der Waals surface area contributed by atoms with Crippen LogP contribution in [0.4, 0.5) is 0 Å². The molecule has 0 atom stereocenters. The van der Waals surface area contributed by atoms with Gasteiger partial charge in [0.25, 0.3) is 0 Å². The van der Waals surface area contributed by atoms with Crippen molar-refractivity contribution in [3.63, 3.8) is 0 Å². The van der Waals surface area contributed by atoms with Crippen molar-refractivity contribution in [1.29, 1.82) is 0 Å². The van der Waals surface area contributed by atoms with Gasteiger partial charge in [-0.3, -0.25) is 0 Å². The predicted octanol–water partition coefficient (Wildman–Crippen LogP) is 14.1. The van der Waals surface area contributed by atoms with Crippen molar-refractivity contribution in [3.8, 4) is 22.6 Å². The topological polar surface area (TPSA) is 61.7 Å². The largest absolute Gasteiger partial charge is 3.00 e. The summed E-state index contributed by atoms with van der Waals surface area (Å²) in [7, 11) is 0. The van der Waals surface area contributed by atoms with E-state index in [2.05, 4.69) is 136 Å². The molecule has 0 N–H and O–H groups in total. The molecular formula is C57H42IrN5O. The number of aryl methyl sites for hydroxylation is 2. The molecule has 6 aromatic heterocycles. The van der Waals surface area contributed by atoms with Crippen molar-refractivity contribution in [1.82, 2.24) is 24.1 Å². The number of hydrogen-bond donors (Lipinski definition) is 0. The van der Waals surface area contributed by atoms with Gasteiger partial charge in [-0.2, -0.15) is 48.5 Å². The molecule has 6 heterocycles. The van der Waals surface area contributed by atoms with Crippen LogP contribution in [0.5, 0.6) is 0 Å². The zero-order chi connectivity index (χ0) is 42.0. The van der Waals surface area contributed by atoms with Crippen molar-refractivity contribution in [3.05, 3.63) is 212 Å². The average molecular weight is 1010 g/mol. The van der Waals surface area contributed by atoms with Crippen LogP contribution in [0.2, 0.25) is 0 Å². The summed E-state index contributed by atoms with van der Waals surface area (Å²) in [6.07, 6.45) is 12.7. The fourth-order valence-corrected chi connectivity index (χ4v) is 8.99. The Balaban J connectivity index is 0.000000202. The Kier molecular flexibility index (Phi) is 11.7. The Morgan fingerprint density at radius 2 is 1.00 bits per heavy atom. The smallest absolute Gasteiger partial charge is 0.501 e. The minimum absolute atomic E-state index is 0. The molecule has 6 nitrogen and oxygen atoms in total. The van der Waals surface area contributed by atoms with E-state index in [9.17, 15) is 0 Å². The first kappa shape index (κ1) is 40.9. The summed E-state index contributed by atoms with van der Waals surface area (Å²) >= 11 is 0. The normalized spacial score (nSPS) is 11.4. The Morgan fingerprint density at radius 1 is 0.453 bits per heavy atom. The van der Waals surface area contributed by atoms with E-state index in [1.807, 2.05) is 72.8 Å². The van der Waals surface area contributed by atoms with E-state index in [1.165, 1.54) is 56.5 Å². The molecule has 64 heavy (non-hydrogen) atoms. The van der Waals surface area contributed by atoms with Gasteiger partial charge < -0.3 is 18.5 Å². The standard InChI is InChI=1S/C40H32N4.C17H10NO.Ir/c1(5-15-29-25-35-33-21-11-13-23-37(33)43(39(35)41-27-29)31-17-7-3-8-18-31)2-6-16-30-26-36-34-22-12-14-24-38(34)44(40(36)42-28-30)32-19-9-4-10-20-32;1-2-10-16-12(6-1)13-7-5-8-14(17(13)19-16)15-9-3-4-11-18-15;/h3-4,7-14,17,19,21-28H,1-2,5-6,15-16H2;1-7,9-11H;/q-2;-1;+3. The molecule has 0 aliphatic rings. The number of hydrogen-bond acceptors (Lipinski definition) is 4. The molecular weight excluding hydrogens is 963 g/mol. The number of para-hydroxylation sites is 5. The third kappa shape index (κ3) is 7.78. The summed E-state index contributed by atoms with van der Waals surface area (Å²) in [6.45, 7) is 0. The van der Waals surface area contributed by atoms with Gasteiger partial charge in [0.05, 0.1) is 16.6 Å². The van der Waals surface area contributed by atoms with Gasteiger partial charge in [0.1, 0.15) is 16.9 Å². The molecule has 0 saturated carbocycles. The zero-order valence-corrected chi connectivity index (χ0v) is 37.4. The van der Waals surface area contributed by atoms with Crippen LogP contribution in [-0.2, 0) is 32.9 Å². The van der Waals surface area contributed by atoms with Crippen LogP contribution in [0.1, 0.15) is 36.8 Å². The summed E-state index contributed by atoms with van der Waals surface area (Å²) in [5.41, 5.74) is 12.5. The molecule has 12 aromatic rings. The van der Waals surface area contributed by atoms with Crippen LogP contribution in [0.15, 0.2) is 187 Å². The monoisotopic (exact) mass is 1010 g/mol. The fraction of sp³-hybridized carbons (Fsp3) is 0.105. The van der Waals surface area contributed by atoms with Crippen LogP contribution < -0.4 is 0 Å². The fourth-order valence-electron chi connectivity index (χ4n) is 8.99. The van der Waals surface area contributed by atoms with Crippen LogP contribution >= 0.6 is 0 Å². The second kappa shape index (κ2) is 18.3. The van der Waals surface area contributed by atoms with Crippen molar-refractivity contribution in [2.45, 2.75) is 38.5 Å². The number of nitrogens with zero attached hydrogens (tertiary/aromatic N) is 5. The summed E-state index contributed by atoms with van der Waals surface area (Å²) in [6, 6.07) is 65.9. The van der Waals surface area contributed by atoms with Gasteiger partial charge >= 0.3 is 20.1 Å². The van der Waals surface area contributed by atoms with E-state index < -0.39 is 0 Å². The molecule has 0 spiro atoms. The van der Waals surface area contributed by atoms with Gasteiger partial charge in [-0.1, -0.05) is 102 Å². The second-order valence-corrected chi connectivity index (χ2v) is 16.0. The Hall–Kier alpha value is -7.18. The van der Waals surface area contributed by atoms with Crippen molar-refractivity contribution in [2.75, 3.05) is 0 Å². The molecule has 0 aliphatic carbocycles. The van der Waals surface area contributed by atoms with Crippen LogP contribution in [-0.4, -0.2) is 24.1 Å². The molecule has 0 fully saturated rings. The minimum Gasteiger partial charge on any atom is -0.501 e. The Labute approximate surface area is 385 Å². The quantitative estimate of drug-likeness (QED) is 0.101. The third-order valence-electron chi connectivity index (χ3n) is 11.9. The molecule has 0 aliphatic heterocycles. The molecule has 0 amide bonds. The van der Waals surface area contributed by atoms with E-state index in [4.69, 9.17) is 14.4 Å². The summed E-state index contributed by atoms with van der Waals surface area (Å²) in [5, 5.41) is 7.14. The summed E-state index contributed by atoms with van der Waals surface area (Å²) in [4.78, 5) is 14.3. The van der Waals surface area contributed by atoms with Gasteiger partial charge in [0.2, 0.25) is 0 Å². The number of fused-ring (bicyclic) bond motifs is 9. The van der Waals surface area contributed by atoms with Gasteiger partial charge in [-0.15, -0.1) is 30.3 Å². The number of pyridine rings is 3. The Morgan fingerprint density at radius 3 is 1.56 bits per heavy atom. The molecule has 7 heteroatoms. The first-order chi connectivity index (χ1) is 31.3. The molecule has 6 aromatic carbocycles. The summed E-state index contributed by atoms with van der Waals surface area (Å²) in [5.74, 6) is 0. The number of rotatable bonds is 10. The van der Waals surface area contributed by atoms with Crippen LogP contribution in [0.3, 0.4) is 0 Å². The van der Waals surface area contributed by atoms with Crippen LogP contribution in [0.25, 0.3) is 88.4 Å². The van der Waals surface area contributed by atoms with Crippen molar-refractivity contribution >= 4 is 65.8 Å². The number of furan rings is 1. The number of benzene rings is 6. The maximum Gasteiger partial charge on any atom is 3.00 e. The molecule has 0 bridgehead atoms. The SMILES string of the molecule is [Ir+3].[c-]1ccc2c(oc3ccccc32)c1-c1ccccn1.[c-]1ccccc1-n1c2ccccc2c2cc(CCCCCCc3cnc4c(c3)c3ccccc3n4-c3[c-]cccc3)cnc21. The van der Waals surface area contributed by atoms with Crippen LogP contribution in [0, 0.1) is 18.2 Å². The molecule has 310 valence electrons. The minimum atomic E-state index is 0. The molecule has 0 unspecified atom stereocenters. The first-order valence-electron chi connectivity index (χ1n) is 21.7. The van der Waals surface area contributed by atoms with E-state index >= 15 is 0 Å². The molecule has 0 radical (unpaired) electrons. The van der Waals surface area contributed by atoms with E-state index in [0.29, 0.717) is 0 Å². The van der Waals surface area contributed by atoms with Gasteiger partial charge in [0.15, 0.2) is 0 Å². The van der Waals surface area contributed by atoms with E-state index in [-0.39, 0.29) is 20.1 Å². The molecule has 0 saturated heterocycles. The van der Waals surface area contributed by atoms with Gasteiger partial charge in [0, 0.05) is 45.5 Å². The van der Waals surface area contributed by atoms with Crippen molar-refractivity contribution in [2.24, 2.45) is 0 Å². The van der Waals surface area contributed by atoms with Gasteiger partial charge in [-0.25, -0.2) is 9.97 Å². The van der Waals surface area contributed by atoms with Crippen molar-refractivity contribution < 1.29 is 24.5 Å². The number of aromatic nitrogens is 5. The third-order valence-corrected chi connectivity index (χ3v) is 11.9. The van der Waals surface area contributed by atoms with E-state index in [0.717, 1.165) is 81.5 Å².